The van der Waals surface area contributed by atoms with Crippen LogP contribution in [-0.2, 0) is 0 Å². The maximum atomic E-state index is 4.36. The lowest BCUT2D eigenvalue weighted by atomic mass is 10.2. The van der Waals surface area contributed by atoms with Gasteiger partial charge in [-0.1, -0.05) is 18.2 Å². The number of rotatable bonds is 0. The summed E-state index contributed by atoms with van der Waals surface area (Å²) < 4.78 is 0. The number of nitrogens with zero attached hydrogens (tertiary/aromatic N) is 1. The van der Waals surface area contributed by atoms with Crippen LogP contribution in [0.3, 0.4) is 0 Å². The largest absolute Gasteiger partial charge is 0.365 e. The number of benzene rings is 1. The summed E-state index contributed by atoms with van der Waals surface area (Å²) in [5.74, 6) is 1.03. The Morgan fingerprint density at radius 2 is 2.15 bits per heavy atom. The molecular formula is C10H9N3. The number of para-hydroxylation sites is 1. The van der Waals surface area contributed by atoms with Gasteiger partial charge in [-0.2, -0.15) is 0 Å². The highest BCUT2D eigenvalue weighted by molar-refractivity contribution is 6.00. The normalized spacial score (nSPS) is 14.2. The molecule has 1 aliphatic heterocycles. The molecular weight excluding hydrogens is 162 g/mol. The summed E-state index contributed by atoms with van der Waals surface area (Å²) in [4.78, 5) is 7.65. The number of hydrogen-bond acceptors (Lipinski definition) is 2. The fraction of sp³-hybridized carbons (Fsp3) is 0.100. The second-order valence-electron chi connectivity index (χ2n) is 3.09. The van der Waals surface area contributed by atoms with Crippen molar-refractivity contribution in [3.8, 4) is 0 Å². The van der Waals surface area contributed by atoms with E-state index < -0.39 is 0 Å². The number of hydrogen-bond donors (Lipinski definition) is 2. The minimum atomic E-state index is 0.805. The molecule has 0 atom stereocenters. The molecule has 0 fully saturated rings. The van der Waals surface area contributed by atoms with Crippen molar-refractivity contribution in [1.29, 1.82) is 0 Å². The number of nitrogens with one attached hydrogen (secondary N) is 2. The van der Waals surface area contributed by atoms with Crippen LogP contribution in [0.4, 0.5) is 11.5 Å². The number of fused-ring (bicyclic) bond motifs is 3. The molecule has 0 amide bonds. The van der Waals surface area contributed by atoms with Gasteiger partial charge in [-0.15, -0.1) is 0 Å². The number of H-pyrrole nitrogens is 1. The second kappa shape index (κ2) is 2.36. The third-order valence-electron chi connectivity index (χ3n) is 2.27. The number of anilines is 1. The quantitative estimate of drug-likeness (QED) is 0.627. The standard InChI is InChI=1S/C10H9N3/c1-2-4-8-7(3-1)9-10(13-8)12-6-5-11-9/h1-5,12-13H,6H2. The Balaban J connectivity index is 2.42. The lowest BCUT2D eigenvalue weighted by molar-refractivity contribution is 1.29. The Kier molecular flexibility index (Phi) is 1.22. The molecule has 64 valence electrons. The van der Waals surface area contributed by atoms with Crippen LogP contribution in [0.25, 0.3) is 10.9 Å². The Morgan fingerprint density at radius 3 is 3.15 bits per heavy atom. The van der Waals surface area contributed by atoms with E-state index in [1.54, 1.807) is 0 Å². The molecule has 3 nitrogen and oxygen atoms in total. The van der Waals surface area contributed by atoms with E-state index in [-0.39, 0.29) is 0 Å². The number of aliphatic imine (C=N–C) groups is 1. The smallest absolute Gasteiger partial charge is 0.131 e. The highest BCUT2D eigenvalue weighted by Crippen LogP contribution is 2.34. The van der Waals surface area contributed by atoms with E-state index in [2.05, 4.69) is 27.4 Å². The van der Waals surface area contributed by atoms with E-state index in [0.29, 0.717) is 0 Å². The molecule has 0 saturated carbocycles. The summed E-state index contributed by atoms with van der Waals surface area (Å²) in [5, 5.41) is 4.43. The molecule has 0 radical (unpaired) electrons. The van der Waals surface area contributed by atoms with E-state index in [1.165, 1.54) is 5.39 Å². The molecule has 0 spiro atoms. The molecule has 1 aromatic heterocycles. The van der Waals surface area contributed by atoms with Crippen molar-refractivity contribution in [2.75, 3.05) is 11.9 Å². The van der Waals surface area contributed by atoms with Crippen molar-refractivity contribution in [1.82, 2.24) is 4.98 Å². The molecule has 3 rings (SSSR count). The zero-order chi connectivity index (χ0) is 8.67. The van der Waals surface area contributed by atoms with Gasteiger partial charge in [-0.25, -0.2) is 0 Å². The van der Waals surface area contributed by atoms with Crippen LogP contribution in [0.15, 0.2) is 29.3 Å². The summed E-state index contributed by atoms with van der Waals surface area (Å²) >= 11 is 0. The van der Waals surface area contributed by atoms with E-state index in [1.807, 2.05) is 18.3 Å². The van der Waals surface area contributed by atoms with Gasteiger partial charge in [-0.3, -0.25) is 4.99 Å². The van der Waals surface area contributed by atoms with E-state index in [9.17, 15) is 0 Å². The monoisotopic (exact) mass is 171 g/mol. The van der Waals surface area contributed by atoms with Gasteiger partial charge in [0.1, 0.15) is 11.5 Å². The molecule has 13 heavy (non-hydrogen) atoms. The Hall–Kier alpha value is -1.77. The van der Waals surface area contributed by atoms with Crippen molar-refractivity contribution >= 4 is 28.6 Å². The van der Waals surface area contributed by atoms with Gasteiger partial charge in [0.05, 0.1) is 6.54 Å². The first-order chi connectivity index (χ1) is 6.45. The third kappa shape index (κ3) is 0.869. The topological polar surface area (TPSA) is 40.2 Å². The minimum absolute atomic E-state index is 0.805. The highest BCUT2D eigenvalue weighted by Gasteiger charge is 2.11. The van der Waals surface area contributed by atoms with Crippen LogP contribution in [0.2, 0.25) is 0 Å². The first-order valence-electron chi connectivity index (χ1n) is 4.32. The van der Waals surface area contributed by atoms with Crippen molar-refractivity contribution in [2.24, 2.45) is 4.99 Å². The molecule has 2 N–H and O–H groups in total. The van der Waals surface area contributed by atoms with Gasteiger partial charge in [0, 0.05) is 17.1 Å². The van der Waals surface area contributed by atoms with Crippen molar-refractivity contribution in [3.63, 3.8) is 0 Å². The van der Waals surface area contributed by atoms with Gasteiger partial charge in [0.25, 0.3) is 0 Å². The lowest BCUT2D eigenvalue weighted by Gasteiger charge is -2.05. The van der Waals surface area contributed by atoms with Gasteiger partial charge < -0.3 is 10.3 Å². The molecule has 0 saturated heterocycles. The van der Waals surface area contributed by atoms with Gasteiger partial charge in [-0.05, 0) is 6.07 Å². The summed E-state index contributed by atoms with van der Waals surface area (Å²) in [6.45, 7) is 0.805. The lowest BCUT2D eigenvalue weighted by Crippen LogP contribution is -2.05. The maximum Gasteiger partial charge on any atom is 0.131 e. The SMILES string of the molecule is C1=Nc2c([nH]c3ccccc23)NC1. The fourth-order valence-electron chi connectivity index (χ4n) is 1.67. The van der Waals surface area contributed by atoms with E-state index in [0.717, 1.165) is 23.6 Å². The van der Waals surface area contributed by atoms with Crippen LogP contribution in [0.5, 0.6) is 0 Å². The molecule has 0 bridgehead atoms. The Labute approximate surface area is 75.5 Å². The average molecular weight is 171 g/mol. The number of aromatic amines is 1. The Bertz CT molecular complexity index is 482. The van der Waals surface area contributed by atoms with Crippen LogP contribution in [0.1, 0.15) is 0 Å². The van der Waals surface area contributed by atoms with Crippen molar-refractivity contribution < 1.29 is 0 Å². The minimum Gasteiger partial charge on any atom is -0.365 e. The first-order valence-corrected chi connectivity index (χ1v) is 4.32. The predicted octanol–water partition coefficient (Wildman–Crippen LogP) is 2.30. The van der Waals surface area contributed by atoms with Gasteiger partial charge in [0.15, 0.2) is 0 Å². The van der Waals surface area contributed by atoms with Gasteiger partial charge >= 0.3 is 0 Å². The molecule has 3 heteroatoms. The van der Waals surface area contributed by atoms with Gasteiger partial charge in [0.2, 0.25) is 0 Å². The fourth-order valence-corrected chi connectivity index (χ4v) is 1.67. The molecule has 2 heterocycles. The first kappa shape index (κ1) is 6.71. The molecule has 0 aliphatic carbocycles. The highest BCUT2D eigenvalue weighted by atomic mass is 15.1. The molecule has 0 unspecified atom stereocenters. The zero-order valence-corrected chi connectivity index (χ0v) is 7.04. The van der Waals surface area contributed by atoms with Crippen LogP contribution in [-0.4, -0.2) is 17.7 Å². The van der Waals surface area contributed by atoms with Crippen molar-refractivity contribution in [3.05, 3.63) is 24.3 Å². The Morgan fingerprint density at radius 1 is 1.23 bits per heavy atom. The van der Waals surface area contributed by atoms with Crippen LogP contribution >= 0.6 is 0 Å². The van der Waals surface area contributed by atoms with E-state index >= 15 is 0 Å². The van der Waals surface area contributed by atoms with Crippen molar-refractivity contribution in [2.45, 2.75) is 0 Å². The average Bonchev–Trinajstić information content (AvgIpc) is 2.56. The van der Waals surface area contributed by atoms with Crippen LogP contribution < -0.4 is 5.32 Å². The molecule has 1 aliphatic rings. The third-order valence-corrected chi connectivity index (χ3v) is 2.27. The molecule has 1 aromatic carbocycles. The van der Waals surface area contributed by atoms with E-state index in [4.69, 9.17) is 0 Å². The van der Waals surface area contributed by atoms with Crippen LogP contribution in [0, 0.1) is 0 Å². The summed E-state index contributed by atoms with van der Waals surface area (Å²) in [6, 6.07) is 8.19. The summed E-state index contributed by atoms with van der Waals surface area (Å²) in [6.07, 6.45) is 1.89. The second-order valence-corrected chi connectivity index (χ2v) is 3.09. The number of aromatic nitrogens is 1. The zero-order valence-electron chi connectivity index (χ0n) is 7.04. The molecule has 2 aromatic rings. The maximum absolute atomic E-state index is 4.36. The summed E-state index contributed by atoms with van der Waals surface area (Å²) in [7, 11) is 0. The summed E-state index contributed by atoms with van der Waals surface area (Å²) in [5.41, 5.74) is 2.17. The predicted molar refractivity (Wildman–Crippen MR) is 54.9 cm³/mol.